The molecular weight excluding hydrogens is 629 g/mol. The summed E-state index contributed by atoms with van der Waals surface area (Å²) in [5, 5.41) is 5.89. The zero-order valence-corrected chi connectivity index (χ0v) is 27.7. The molecule has 0 saturated carbocycles. The average molecular weight is 663 g/mol. The van der Waals surface area contributed by atoms with Gasteiger partial charge in [0.15, 0.2) is 11.6 Å². The van der Waals surface area contributed by atoms with Crippen LogP contribution in [0.5, 0.6) is 0 Å². The summed E-state index contributed by atoms with van der Waals surface area (Å²) < 4.78 is 70.1. The topological polar surface area (TPSA) is 167 Å². The summed E-state index contributed by atoms with van der Waals surface area (Å²) >= 11 is 0. The average Bonchev–Trinajstić information content (AvgIpc) is 2.94. The fraction of sp³-hybridized carbons (Fsp3) is 0.235. The van der Waals surface area contributed by atoms with E-state index in [4.69, 9.17) is 0 Å². The lowest BCUT2D eigenvalue weighted by molar-refractivity contribution is 0.0980. The molecule has 0 aliphatic heterocycles. The van der Waals surface area contributed by atoms with Gasteiger partial charge >= 0.3 is 0 Å². The number of fused-ring (bicyclic) bond motifs is 2. The van der Waals surface area contributed by atoms with E-state index in [1.54, 1.807) is 24.3 Å². The molecule has 1 aliphatic carbocycles. The van der Waals surface area contributed by atoms with Gasteiger partial charge in [0.1, 0.15) is 9.79 Å². The van der Waals surface area contributed by atoms with Gasteiger partial charge < -0.3 is 10.6 Å². The smallest absolute Gasteiger partial charge is 0.296 e. The Morgan fingerprint density at radius 2 is 0.848 bits per heavy atom. The van der Waals surface area contributed by atoms with E-state index in [0.29, 0.717) is 11.1 Å². The molecule has 1 aliphatic rings. The molecule has 4 aromatic carbocycles. The van der Waals surface area contributed by atoms with Gasteiger partial charge in [-0.1, -0.05) is 77.9 Å². The minimum atomic E-state index is -4.72. The largest absolute Gasteiger partial charge is 0.354 e. The van der Waals surface area contributed by atoms with Crippen LogP contribution in [-0.2, 0) is 31.1 Å². The lowest BCUT2D eigenvalue weighted by atomic mass is 9.82. The maximum Gasteiger partial charge on any atom is 0.296 e. The summed E-state index contributed by atoms with van der Waals surface area (Å²) in [5.41, 5.74) is 0.597. The number of rotatable bonds is 6. The van der Waals surface area contributed by atoms with Crippen molar-refractivity contribution < 1.29 is 35.5 Å². The Bertz CT molecular complexity index is 2000. The van der Waals surface area contributed by atoms with E-state index >= 15 is 0 Å². The van der Waals surface area contributed by atoms with Crippen molar-refractivity contribution in [3.8, 4) is 0 Å². The molecule has 4 aromatic rings. The Morgan fingerprint density at radius 1 is 0.522 bits per heavy atom. The summed E-state index contributed by atoms with van der Waals surface area (Å²) in [6.07, 6.45) is 0. The Balaban J connectivity index is 1.72. The number of ketones is 2. The quantitative estimate of drug-likeness (QED) is 0.139. The highest BCUT2D eigenvalue weighted by molar-refractivity contribution is 7.86. The van der Waals surface area contributed by atoms with Crippen LogP contribution < -0.4 is 10.6 Å². The van der Waals surface area contributed by atoms with Gasteiger partial charge in [-0.3, -0.25) is 18.7 Å². The molecule has 0 bridgehead atoms. The van der Waals surface area contributed by atoms with Crippen LogP contribution in [0.1, 0.15) is 84.5 Å². The van der Waals surface area contributed by atoms with E-state index < -0.39 is 52.4 Å². The molecule has 0 atom stereocenters. The summed E-state index contributed by atoms with van der Waals surface area (Å²) in [4.78, 5) is 27.2. The van der Waals surface area contributed by atoms with Gasteiger partial charge in [-0.25, -0.2) is 0 Å². The van der Waals surface area contributed by atoms with Crippen molar-refractivity contribution in [2.75, 3.05) is 10.6 Å². The Labute approximate surface area is 268 Å². The number of carbonyl (C=O) groups is 2. The van der Waals surface area contributed by atoms with Crippen LogP contribution in [-0.4, -0.2) is 37.5 Å². The third-order valence-corrected chi connectivity index (χ3v) is 9.65. The molecule has 4 N–H and O–H groups in total. The Morgan fingerprint density at radius 3 is 1.15 bits per heavy atom. The molecule has 12 heteroatoms. The molecule has 0 amide bonds. The zero-order valence-electron chi connectivity index (χ0n) is 26.1. The Kier molecular flexibility index (Phi) is 8.01. The van der Waals surface area contributed by atoms with Crippen molar-refractivity contribution in [3.63, 3.8) is 0 Å². The molecule has 0 spiro atoms. The van der Waals surface area contributed by atoms with Crippen LogP contribution in [0.25, 0.3) is 0 Å². The van der Waals surface area contributed by atoms with Crippen molar-refractivity contribution in [2.24, 2.45) is 0 Å². The molecule has 0 heterocycles. The SMILES string of the molecule is CC(C)(C)c1ccc(Nc2ccc(Nc3ccc(C(C)(C)C)cc3S(=O)(=O)O)c3c2C(=O)c2ccccc2C3=O)c(S(=O)(=O)O)c1. The van der Waals surface area contributed by atoms with Crippen LogP contribution in [0.2, 0.25) is 0 Å². The van der Waals surface area contributed by atoms with Crippen molar-refractivity contribution in [1.29, 1.82) is 0 Å². The second-order valence-electron chi connectivity index (χ2n) is 13.2. The standard InChI is InChI=1S/C34H34N2O8S2/c1-33(2,3)19-11-13-23(27(17-19)45(39,40)41)35-25-15-16-26(30-29(25)31(37)21-9-7-8-10-22(21)32(30)38)36-24-14-12-20(34(4,5)6)18-28(24)46(42,43)44/h7-18,35-36H,1-6H3,(H,39,40,41)(H,42,43,44). The van der Waals surface area contributed by atoms with Crippen LogP contribution in [0.15, 0.2) is 82.6 Å². The van der Waals surface area contributed by atoms with Gasteiger partial charge in [0, 0.05) is 11.1 Å². The number of anilines is 4. The van der Waals surface area contributed by atoms with Crippen LogP contribution in [0, 0.1) is 0 Å². The third-order valence-electron chi connectivity index (χ3n) is 7.87. The van der Waals surface area contributed by atoms with E-state index in [0.717, 1.165) is 0 Å². The monoisotopic (exact) mass is 662 g/mol. The first-order valence-corrected chi connectivity index (χ1v) is 17.2. The first-order valence-electron chi connectivity index (χ1n) is 14.3. The number of hydrogen-bond donors (Lipinski definition) is 4. The molecule has 0 radical (unpaired) electrons. The lowest BCUT2D eigenvalue weighted by Gasteiger charge is -2.26. The number of hydrogen-bond acceptors (Lipinski definition) is 8. The predicted molar refractivity (Wildman–Crippen MR) is 176 cm³/mol. The molecule has 0 aromatic heterocycles. The molecule has 240 valence electrons. The van der Waals surface area contributed by atoms with Crippen molar-refractivity contribution in [2.45, 2.75) is 62.2 Å². The van der Waals surface area contributed by atoms with Gasteiger partial charge in [0.25, 0.3) is 20.2 Å². The lowest BCUT2D eigenvalue weighted by Crippen LogP contribution is -2.24. The van der Waals surface area contributed by atoms with Gasteiger partial charge in [0.2, 0.25) is 0 Å². The second-order valence-corrected chi connectivity index (χ2v) is 16.0. The highest BCUT2D eigenvalue weighted by Crippen LogP contribution is 2.41. The predicted octanol–water partition coefficient (Wildman–Crippen LogP) is 7.04. The van der Waals surface area contributed by atoms with Gasteiger partial charge in [-0.2, -0.15) is 16.8 Å². The molecule has 10 nitrogen and oxygen atoms in total. The zero-order chi connectivity index (χ0) is 34.0. The normalized spacial score (nSPS) is 13.7. The van der Waals surface area contributed by atoms with Crippen LogP contribution >= 0.6 is 0 Å². The highest BCUT2D eigenvalue weighted by atomic mass is 32.2. The molecule has 0 saturated heterocycles. The minimum absolute atomic E-state index is 0.0241. The van der Waals surface area contributed by atoms with Crippen molar-refractivity contribution >= 4 is 54.6 Å². The van der Waals surface area contributed by atoms with E-state index in [2.05, 4.69) is 10.6 Å². The fourth-order valence-corrected chi connectivity index (χ4v) is 6.68. The van der Waals surface area contributed by atoms with E-state index in [-0.39, 0.29) is 45.0 Å². The van der Waals surface area contributed by atoms with Crippen LogP contribution in [0.3, 0.4) is 0 Å². The van der Waals surface area contributed by atoms with Crippen LogP contribution in [0.4, 0.5) is 22.7 Å². The number of benzene rings is 4. The number of nitrogens with one attached hydrogen (secondary N) is 2. The summed E-state index contributed by atoms with van der Waals surface area (Å²) in [6, 6.07) is 18.2. The van der Waals surface area contributed by atoms with E-state index in [1.165, 1.54) is 48.5 Å². The minimum Gasteiger partial charge on any atom is -0.354 e. The summed E-state index contributed by atoms with van der Waals surface area (Å²) in [5.74, 6) is -1.07. The molecule has 0 fully saturated rings. The maximum absolute atomic E-state index is 14.0. The highest BCUT2D eigenvalue weighted by Gasteiger charge is 2.35. The second kappa shape index (κ2) is 11.2. The molecular formula is C34H34N2O8S2. The number of carbonyl (C=O) groups excluding carboxylic acids is 2. The Hall–Kier alpha value is -4.36. The summed E-state index contributed by atoms with van der Waals surface area (Å²) in [6.45, 7) is 11.3. The van der Waals surface area contributed by atoms with Gasteiger partial charge in [-0.05, 0) is 58.4 Å². The van der Waals surface area contributed by atoms with Gasteiger partial charge in [0.05, 0.1) is 33.9 Å². The van der Waals surface area contributed by atoms with Gasteiger partial charge in [-0.15, -0.1) is 0 Å². The van der Waals surface area contributed by atoms with Crippen molar-refractivity contribution in [1.82, 2.24) is 0 Å². The molecule has 0 unspecified atom stereocenters. The van der Waals surface area contributed by atoms with E-state index in [1.807, 2.05) is 41.5 Å². The first-order chi connectivity index (χ1) is 21.2. The maximum atomic E-state index is 14.0. The fourth-order valence-electron chi connectivity index (χ4n) is 5.33. The molecule has 5 rings (SSSR count). The third kappa shape index (κ3) is 6.21. The van der Waals surface area contributed by atoms with Crippen molar-refractivity contribution in [3.05, 3.63) is 106 Å². The van der Waals surface area contributed by atoms with E-state index in [9.17, 15) is 35.5 Å². The summed E-state index contributed by atoms with van der Waals surface area (Å²) in [7, 11) is -9.44. The first kappa shape index (κ1) is 33.0. The molecule has 46 heavy (non-hydrogen) atoms.